The Labute approximate surface area is 117 Å². The molecule has 94 valence electrons. The van der Waals surface area contributed by atoms with E-state index in [1.54, 1.807) is 0 Å². The van der Waals surface area contributed by atoms with Crippen molar-refractivity contribution in [3.05, 3.63) is 85.3 Å². The van der Waals surface area contributed by atoms with Gasteiger partial charge in [-0.05, 0) is 12.1 Å². The van der Waals surface area contributed by atoms with Gasteiger partial charge in [-0.2, -0.15) is 8.97 Å². The molecule has 0 aliphatic rings. The first-order valence-corrected chi connectivity index (χ1v) is 6.72. The van der Waals surface area contributed by atoms with Gasteiger partial charge in [-0.25, -0.2) is 0 Å². The summed E-state index contributed by atoms with van der Waals surface area (Å²) in [6.45, 7) is 0. The molecule has 0 unspecified atom stereocenters. The first-order chi connectivity index (χ1) is 9.93. The summed E-state index contributed by atoms with van der Waals surface area (Å²) in [6.07, 6.45) is 6.28. The molecular weight excluding hydrogens is 244 g/mol. The average Bonchev–Trinajstić information content (AvgIpc) is 2.55. The molecule has 0 spiro atoms. The predicted octanol–water partition coefficient (Wildman–Crippen LogP) is 2.86. The molecule has 2 nitrogen and oxygen atoms in total. The molecule has 0 fully saturated rings. The largest absolute Gasteiger partial charge is 0.231 e. The molecule has 2 heteroatoms. The standard InChI is InChI=1S/C18H14N2/c1-5-11-19(12-6-1)18-14-15-8-4-7-13-20(15)17-10-3-2-9-16(17)18/h1-14H/q+2. The summed E-state index contributed by atoms with van der Waals surface area (Å²) in [5.74, 6) is 0. The van der Waals surface area contributed by atoms with E-state index in [0.717, 1.165) is 0 Å². The SMILES string of the molecule is c1cc[n+](-c2cc3cccc[n+]3c3ccccc23)cc1. The first kappa shape index (κ1) is 11.1. The quantitative estimate of drug-likeness (QED) is 0.366. The zero-order valence-corrected chi connectivity index (χ0v) is 11.0. The van der Waals surface area contributed by atoms with Crippen LogP contribution < -0.4 is 8.97 Å². The monoisotopic (exact) mass is 258 g/mol. The molecule has 0 atom stereocenters. The number of pyridine rings is 3. The van der Waals surface area contributed by atoms with Crippen LogP contribution in [0.3, 0.4) is 0 Å². The Morgan fingerprint density at radius 1 is 0.650 bits per heavy atom. The second kappa shape index (κ2) is 4.42. The van der Waals surface area contributed by atoms with Crippen molar-refractivity contribution in [2.75, 3.05) is 0 Å². The zero-order valence-electron chi connectivity index (χ0n) is 11.0. The van der Waals surface area contributed by atoms with E-state index < -0.39 is 0 Å². The Hall–Kier alpha value is -2.74. The molecule has 1 aromatic carbocycles. The summed E-state index contributed by atoms with van der Waals surface area (Å²) in [5.41, 5.74) is 3.61. The maximum atomic E-state index is 2.22. The molecule has 3 aromatic heterocycles. The smallest absolute Gasteiger partial charge is 0.166 e. The fourth-order valence-corrected chi connectivity index (χ4v) is 2.68. The lowest BCUT2D eigenvalue weighted by Crippen LogP contribution is -2.32. The van der Waals surface area contributed by atoms with Crippen molar-refractivity contribution in [2.45, 2.75) is 0 Å². The number of fused-ring (bicyclic) bond motifs is 3. The Morgan fingerprint density at radius 3 is 2.30 bits per heavy atom. The second-order valence-corrected chi connectivity index (χ2v) is 4.82. The molecule has 4 aromatic rings. The molecule has 20 heavy (non-hydrogen) atoms. The highest BCUT2D eigenvalue weighted by Gasteiger charge is 2.18. The van der Waals surface area contributed by atoms with Crippen LogP contribution in [-0.2, 0) is 0 Å². The number of rotatable bonds is 1. The van der Waals surface area contributed by atoms with E-state index in [-0.39, 0.29) is 0 Å². The number of benzene rings is 1. The van der Waals surface area contributed by atoms with Crippen LogP contribution in [0.4, 0.5) is 0 Å². The summed E-state index contributed by atoms with van der Waals surface area (Å²) in [6, 6.07) is 23.1. The number of hydrogen-bond donors (Lipinski definition) is 0. The summed E-state index contributed by atoms with van der Waals surface area (Å²) >= 11 is 0. The second-order valence-electron chi connectivity index (χ2n) is 4.82. The number of hydrogen-bond acceptors (Lipinski definition) is 0. The third kappa shape index (κ3) is 1.66. The fourth-order valence-electron chi connectivity index (χ4n) is 2.68. The van der Waals surface area contributed by atoms with Crippen LogP contribution in [0.2, 0.25) is 0 Å². The summed E-state index contributed by atoms with van der Waals surface area (Å²) in [4.78, 5) is 0. The van der Waals surface area contributed by atoms with E-state index in [2.05, 4.69) is 88.2 Å². The lowest BCUT2D eigenvalue weighted by molar-refractivity contribution is -0.595. The van der Waals surface area contributed by atoms with Crippen LogP contribution in [0.1, 0.15) is 0 Å². The molecule has 0 amide bonds. The van der Waals surface area contributed by atoms with Gasteiger partial charge in [-0.15, -0.1) is 0 Å². The van der Waals surface area contributed by atoms with Crippen molar-refractivity contribution in [3.63, 3.8) is 0 Å². The van der Waals surface area contributed by atoms with Crippen LogP contribution in [0.15, 0.2) is 85.3 Å². The van der Waals surface area contributed by atoms with E-state index in [9.17, 15) is 0 Å². The molecule has 0 aliphatic heterocycles. The highest BCUT2D eigenvalue weighted by molar-refractivity contribution is 5.84. The normalized spacial score (nSPS) is 11.0. The molecule has 0 N–H and O–H groups in total. The molecule has 0 saturated carbocycles. The lowest BCUT2D eigenvalue weighted by Gasteiger charge is -2.01. The highest BCUT2D eigenvalue weighted by atomic mass is 15.0. The van der Waals surface area contributed by atoms with Gasteiger partial charge in [-0.3, -0.25) is 0 Å². The molecular formula is C18H14N2+2. The Kier molecular flexibility index (Phi) is 2.46. The van der Waals surface area contributed by atoms with Crippen LogP contribution in [0, 0.1) is 0 Å². The van der Waals surface area contributed by atoms with E-state index in [1.807, 2.05) is 6.07 Å². The minimum atomic E-state index is 1.19. The summed E-state index contributed by atoms with van der Waals surface area (Å²) < 4.78 is 4.39. The topological polar surface area (TPSA) is 7.98 Å². The maximum absolute atomic E-state index is 2.22. The molecule has 4 rings (SSSR count). The Balaban J connectivity index is 2.19. The third-order valence-electron chi connectivity index (χ3n) is 3.61. The molecule has 0 aliphatic carbocycles. The van der Waals surface area contributed by atoms with Crippen molar-refractivity contribution in [2.24, 2.45) is 0 Å². The van der Waals surface area contributed by atoms with Gasteiger partial charge >= 0.3 is 0 Å². The van der Waals surface area contributed by atoms with Crippen LogP contribution >= 0.6 is 0 Å². The number of nitrogens with zero attached hydrogens (tertiary/aromatic N) is 2. The van der Waals surface area contributed by atoms with Crippen LogP contribution in [-0.4, -0.2) is 0 Å². The molecule has 0 bridgehead atoms. The van der Waals surface area contributed by atoms with Gasteiger partial charge in [0.05, 0.1) is 6.07 Å². The van der Waals surface area contributed by atoms with Crippen LogP contribution in [0.5, 0.6) is 0 Å². The third-order valence-corrected chi connectivity index (χ3v) is 3.61. The van der Waals surface area contributed by atoms with Gasteiger partial charge in [0.1, 0.15) is 5.39 Å². The van der Waals surface area contributed by atoms with E-state index in [0.29, 0.717) is 0 Å². The van der Waals surface area contributed by atoms with Gasteiger partial charge in [0.2, 0.25) is 16.7 Å². The Morgan fingerprint density at radius 2 is 1.40 bits per heavy atom. The highest BCUT2D eigenvalue weighted by Crippen LogP contribution is 2.17. The summed E-state index contributed by atoms with van der Waals surface area (Å²) in [7, 11) is 0. The van der Waals surface area contributed by atoms with Crippen molar-refractivity contribution >= 4 is 16.4 Å². The van der Waals surface area contributed by atoms with E-state index in [1.165, 1.54) is 22.1 Å². The lowest BCUT2D eigenvalue weighted by atomic mass is 10.1. The number of aromatic nitrogens is 2. The number of para-hydroxylation sites is 1. The van der Waals surface area contributed by atoms with Crippen molar-refractivity contribution < 1.29 is 8.97 Å². The first-order valence-electron chi connectivity index (χ1n) is 6.72. The molecule has 0 saturated heterocycles. The Bertz CT molecular complexity index is 899. The van der Waals surface area contributed by atoms with E-state index >= 15 is 0 Å². The van der Waals surface area contributed by atoms with Gasteiger partial charge < -0.3 is 0 Å². The van der Waals surface area contributed by atoms with Crippen molar-refractivity contribution in [3.8, 4) is 5.69 Å². The zero-order chi connectivity index (χ0) is 13.4. The van der Waals surface area contributed by atoms with Gasteiger partial charge in [-0.1, -0.05) is 18.2 Å². The average molecular weight is 258 g/mol. The predicted molar refractivity (Wildman–Crippen MR) is 78.6 cm³/mol. The minimum Gasteiger partial charge on any atom is -0.166 e. The van der Waals surface area contributed by atoms with Gasteiger partial charge in [0.25, 0.3) is 0 Å². The van der Waals surface area contributed by atoms with Crippen molar-refractivity contribution in [1.82, 2.24) is 0 Å². The van der Waals surface area contributed by atoms with Crippen LogP contribution in [0.25, 0.3) is 22.1 Å². The molecule has 0 radical (unpaired) electrons. The van der Waals surface area contributed by atoms with Gasteiger partial charge in [0.15, 0.2) is 18.6 Å². The summed E-state index contributed by atoms with van der Waals surface area (Å²) in [5, 5.41) is 1.24. The fraction of sp³-hybridized carbons (Fsp3) is 0. The molecule has 3 heterocycles. The van der Waals surface area contributed by atoms with E-state index in [4.69, 9.17) is 0 Å². The van der Waals surface area contributed by atoms with Gasteiger partial charge in [0, 0.05) is 30.3 Å². The minimum absolute atomic E-state index is 1.19. The maximum Gasteiger partial charge on any atom is 0.231 e. The van der Waals surface area contributed by atoms with Crippen molar-refractivity contribution in [1.29, 1.82) is 0 Å².